The van der Waals surface area contributed by atoms with Crippen molar-refractivity contribution in [2.45, 2.75) is 13.2 Å². The summed E-state index contributed by atoms with van der Waals surface area (Å²) in [5, 5.41) is 5.06. The number of aromatic nitrogens is 2. The van der Waals surface area contributed by atoms with Crippen LogP contribution in [-0.4, -0.2) is 9.78 Å². The SMILES string of the molecule is Cn1cc(COc2c(CN)oc3ccccc23)cn1. The Morgan fingerprint density at radius 2 is 2.21 bits per heavy atom. The summed E-state index contributed by atoms with van der Waals surface area (Å²) in [4.78, 5) is 0. The van der Waals surface area contributed by atoms with Gasteiger partial charge in [-0.05, 0) is 12.1 Å². The summed E-state index contributed by atoms with van der Waals surface area (Å²) in [6.45, 7) is 0.765. The van der Waals surface area contributed by atoms with Crippen LogP contribution in [0.5, 0.6) is 5.75 Å². The second kappa shape index (κ2) is 4.78. The van der Waals surface area contributed by atoms with Crippen LogP contribution >= 0.6 is 0 Å². The minimum atomic E-state index is 0.317. The maximum absolute atomic E-state index is 5.85. The van der Waals surface area contributed by atoms with Crippen LogP contribution in [0.1, 0.15) is 11.3 Å². The summed E-state index contributed by atoms with van der Waals surface area (Å²) in [6.07, 6.45) is 3.70. The van der Waals surface area contributed by atoms with Gasteiger partial charge in [0.05, 0.1) is 18.1 Å². The first-order chi connectivity index (χ1) is 9.28. The van der Waals surface area contributed by atoms with Crippen molar-refractivity contribution in [1.82, 2.24) is 9.78 Å². The fourth-order valence-corrected chi connectivity index (χ4v) is 2.07. The smallest absolute Gasteiger partial charge is 0.170 e. The first kappa shape index (κ1) is 11.8. The molecule has 0 atom stereocenters. The van der Waals surface area contributed by atoms with Crippen LogP contribution in [0.15, 0.2) is 41.1 Å². The highest BCUT2D eigenvalue weighted by atomic mass is 16.5. The first-order valence-electron chi connectivity index (χ1n) is 6.08. The normalized spacial score (nSPS) is 11.1. The summed E-state index contributed by atoms with van der Waals surface area (Å²) in [6, 6.07) is 7.76. The molecule has 0 unspecified atom stereocenters. The van der Waals surface area contributed by atoms with Gasteiger partial charge in [0.1, 0.15) is 12.2 Å². The maximum atomic E-state index is 5.85. The van der Waals surface area contributed by atoms with Crippen LogP contribution in [0.25, 0.3) is 11.0 Å². The summed E-state index contributed by atoms with van der Waals surface area (Å²) in [7, 11) is 1.88. The molecule has 1 aromatic carbocycles. The monoisotopic (exact) mass is 257 g/mol. The van der Waals surface area contributed by atoms with Gasteiger partial charge in [-0.3, -0.25) is 4.68 Å². The zero-order valence-electron chi connectivity index (χ0n) is 10.7. The van der Waals surface area contributed by atoms with E-state index in [1.54, 1.807) is 10.9 Å². The van der Waals surface area contributed by atoms with Crippen LogP contribution in [0.3, 0.4) is 0 Å². The molecule has 3 aromatic rings. The second-order valence-electron chi connectivity index (χ2n) is 4.37. The average Bonchev–Trinajstić information content (AvgIpc) is 2.99. The Morgan fingerprint density at radius 1 is 1.37 bits per heavy atom. The number of ether oxygens (including phenoxy) is 1. The molecular weight excluding hydrogens is 242 g/mol. The second-order valence-corrected chi connectivity index (χ2v) is 4.37. The van der Waals surface area contributed by atoms with Crippen LogP contribution < -0.4 is 10.5 Å². The van der Waals surface area contributed by atoms with E-state index < -0.39 is 0 Å². The quantitative estimate of drug-likeness (QED) is 0.778. The molecule has 19 heavy (non-hydrogen) atoms. The number of fused-ring (bicyclic) bond motifs is 1. The third-order valence-corrected chi connectivity index (χ3v) is 2.95. The van der Waals surface area contributed by atoms with Crippen molar-refractivity contribution in [3.63, 3.8) is 0 Å². The van der Waals surface area contributed by atoms with Crippen LogP contribution in [0.2, 0.25) is 0 Å². The highest BCUT2D eigenvalue weighted by Gasteiger charge is 2.14. The molecule has 0 aliphatic heterocycles. The lowest BCUT2D eigenvalue weighted by molar-refractivity contribution is 0.299. The van der Waals surface area contributed by atoms with E-state index in [1.807, 2.05) is 37.5 Å². The summed E-state index contributed by atoms with van der Waals surface area (Å²) in [5.41, 5.74) is 7.50. The molecule has 0 saturated carbocycles. The van der Waals surface area contributed by atoms with Gasteiger partial charge in [-0.15, -0.1) is 0 Å². The van der Waals surface area contributed by atoms with E-state index in [2.05, 4.69) is 5.10 Å². The van der Waals surface area contributed by atoms with Gasteiger partial charge in [-0.2, -0.15) is 5.10 Å². The Bertz CT molecular complexity index is 700. The third-order valence-electron chi connectivity index (χ3n) is 2.95. The Morgan fingerprint density at radius 3 is 2.95 bits per heavy atom. The number of nitrogens with zero attached hydrogens (tertiary/aromatic N) is 2. The summed E-state index contributed by atoms with van der Waals surface area (Å²) >= 11 is 0. The minimum Gasteiger partial charge on any atom is -0.484 e. The van der Waals surface area contributed by atoms with E-state index in [0.29, 0.717) is 18.9 Å². The van der Waals surface area contributed by atoms with Crippen molar-refractivity contribution >= 4 is 11.0 Å². The number of hydrogen-bond acceptors (Lipinski definition) is 4. The molecule has 3 rings (SSSR count). The Kier molecular flexibility index (Phi) is 2.97. The average molecular weight is 257 g/mol. The van der Waals surface area contributed by atoms with Gasteiger partial charge in [-0.1, -0.05) is 12.1 Å². The van der Waals surface area contributed by atoms with Crippen LogP contribution in [-0.2, 0) is 20.2 Å². The molecule has 0 aliphatic carbocycles. The van der Waals surface area contributed by atoms with Gasteiger partial charge < -0.3 is 14.9 Å². The van der Waals surface area contributed by atoms with Crippen molar-refractivity contribution in [1.29, 1.82) is 0 Å². The van der Waals surface area contributed by atoms with Crippen LogP contribution in [0, 0.1) is 0 Å². The fourth-order valence-electron chi connectivity index (χ4n) is 2.07. The van der Waals surface area contributed by atoms with E-state index in [0.717, 1.165) is 22.3 Å². The van der Waals surface area contributed by atoms with Crippen molar-refractivity contribution in [3.8, 4) is 5.75 Å². The van der Waals surface area contributed by atoms with Gasteiger partial charge >= 0.3 is 0 Å². The van der Waals surface area contributed by atoms with Gasteiger partial charge in [0.25, 0.3) is 0 Å². The van der Waals surface area contributed by atoms with Crippen molar-refractivity contribution < 1.29 is 9.15 Å². The molecule has 2 N–H and O–H groups in total. The van der Waals surface area contributed by atoms with Crippen LogP contribution in [0.4, 0.5) is 0 Å². The first-order valence-corrected chi connectivity index (χ1v) is 6.08. The van der Waals surface area contributed by atoms with Gasteiger partial charge in [0.2, 0.25) is 0 Å². The number of aryl methyl sites for hydroxylation is 1. The van der Waals surface area contributed by atoms with Crippen molar-refractivity contribution in [3.05, 3.63) is 48.0 Å². The Hall–Kier alpha value is -2.27. The molecule has 0 fully saturated rings. The molecule has 0 bridgehead atoms. The Balaban J connectivity index is 1.90. The molecule has 0 saturated heterocycles. The highest BCUT2D eigenvalue weighted by molar-refractivity contribution is 5.85. The van der Waals surface area contributed by atoms with E-state index in [4.69, 9.17) is 14.9 Å². The number of nitrogens with two attached hydrogens (primary N) is 1. The van der Waals surface area contributed by atoms with E-state index in [9.17, 15) is 0 Å². The van der Waals surface area contributed by atoms with Gasteiger partial charge in [-0.25, -0.2) is 0 Å². The standard InChI is InChI=1S/C14H15N3O2/c1-17-8-10(7-16-17)9-18-14-11-4-2-3-5-12(11)19-13(14)6-15/h2-5,7-8H,6,9,15H2,1H3. The lowest BCUT2D eigenvalue weighted by Crippen LogP contribution is -2.00. The number of benzene rings is 1. The fraction of sp³-hybridized carbons (Fsp3) is 0.214. The Labute approximate surface area is 110 Å². The lowest BCUT2D eigenvalue weighted by atomic mass is 10.2. The minimum absolute atomic E-state index is 0.317. The number of furan rings is 1. The summed E-state index contributed by atoms with van der Waals surface area (Å²) < 4.78 is 13.3. The molecular formula is C14H15N3O2. The van der Waals surface area contributed by atoms with Crippen molar-refractivity contribution in [2.24, 2.45) is 12.8 Å². The molecule has 5 heteroatoms. The predicted octanol–water partition coefficient (Wildman–Crippen LogP) is 2.20. The van der Waals surface area contributed by atoms with Crippen molar-refractivity contribution in [2.75, 3.05) is 0 Å². The third kappa shape index (κ3) is 2.20. The molecule has 5 nitrogen and oxygen atoms in total. The molecule has 0 amide bonds. The molecule has 2 aromatic heterocycles. The molecule has 0 aliphatic rings. The number of hydrogen-bond donors (Lipinski definition) is 1. The number of rotatable bonds is 4. The van der Waals surface area contributed by atoms with E-state index in [-0.39, 0.29) is 0 Å². The van der Waals surface area contributed by atoms with Gasteiger partial charge in [0.15, 0.2) is 11.5 Å². The molecule has 98 valence electrons. The summed E-state index contributed by atoms with van der Waals surface area (Å²) in [5.74, 6) is 1.40. The molecule has 0 spiro atoms. The zero-order valence-corrected chi connectivity index (χ0v) is 10.7. The highest BCUT2D eigenvalue weighted by Crippen LogP contribution is 2.33. The molecule has 2 heterocycles. The lowest BCUT2D eigenvalue weighted by Gasteiger charge is -2.04. The number of para-hydroxylation sites is 1. The molecule has 0 radical (unpaired) electrons. The topological polar surface area (TPSA) is 66.2 Å². The van der Waals surface area contributed by atoms with Gasteiger partial charge in [0, 0.05) is 18.8 Å². The largest absolute Gasteiger partial charge is 0.484 e. The maximum Gasteiger partial charge on any atom is 0.170 e. The van der Waals surface area contributed by atoms with E-state index >= 15 is 0 Å². The zero-order chi connectivity index (χ0) is 13.2. The predicted molar refractivity (Wildman–Crippen MR) is 71.6 cm³/mol. The van der Waals surface area contributed by atoms with E-state index in [1.165, 1.54) is 0 Å².